The monoisotopic (exact) mass is 699 g/mol. The average molecular weight is 700 g/mol. The highest BCUT2D eigenvalue weighted by molar-refractivity contribution is 6.03. The van der Waals surface area contributed by atoms with Crippen LogP contribution in [0.3, 0.4) is 0 Å². The number of aromatic amines is 1. The van der Waals surface area contributed by atoms with Gasteiger partial charge in [0.2, 0.25) is 0 Å². The number of carbonyl (C=O) groups is 2. The van der Waals surface area contributed by atoms with Crippen LogP contribution in [0.25, 0.3) is 39.1 Å². The zero-order valence-electron chi connectivity index (χ0n) is 30.6. The first-order valence-corrected chi connectivity index (χ1v) is 18.5. The molecule has 2 amide bonds. The molecule has 52 heavy (non-hydrogen) atoms. The van der Waals surface area contributed by atoms with Crippen molar-refractivity contribution in [3.63, 3.8) is 0 Å². The molecule has 4 aromatic rings. The standard InChI is InChI=1S/C41H45N7O4/c1-40(2,3)51-38(49)47-33-15-25(33)17-35(47)30-14-27(19-42-30)23-9-7-22(8-10-23)24-11-12-28-29(13-24)43-20-31(45-28)32-21-44-37(46-32)36-18-26-16-34(26)48(36)39(50)52-41(4,5)6/h7-13,19-21,25-26,33-36H,14-18H2,1-6H3,(H,44,46)/t25-,26-,33-,34-,35+,36+/m1/s1. The number of fused-ring (bicyclic) bond motifs is 3. The number of piperidine rings is 2. The fourth-order valence-electron chi connectivity index (χ4n) is 8.27. The van der Waals surface area contributed by atoms with Crippen molar-refractivity contribution in [1.82, 2.24) is 29.7 Å². The number of imidazole rings is 1. The lowest BCUT2D eigenvalue weighted by atomic mass is 9.96. The molecule has 268 valence electrons. The first-order chi connectivity index (χ1) is 24.8. The number of likely N-dealkylation sites (tertiary alicyclic amines) is 2. The topological polar surface area (TPSA) is 126 Å². The lowest BCUT2D eigenvalue weighted by molar-refractivity contribution is 0.0173. The molecular weight excluding hydrogens is 654 g/mol. The van der Waals surface area contributed by atoms with Crippen LogP contribution in [0.4, 0.5) is 9.59 Å². The maximum absolute atomic E-state index is 13.1. The minimum atomic E-state index is -0.551. The number of aromatic nitrogens is 4. The second kappa shape index (κ2) is 11.7. The van der Waals surface area contributed by atoms with Gasteiger partial charge in [0, 0.05) is 30.4 Å². The summed E-state index contributed by atoms with van der Waals surface area (Å²) in [5, 5.41) is 0. The van der Waals surface area contributed by atoms with Gasteiger partial charge >= 0.3 is 12.2 Å². The summed E-state index contributed by atoms with van der Waals surface area (Å²) >= 11 is 0. The molecule has 0 spiro atoms. The van der Waals surface area contributed by atoms with Crippen molar-refractivity contribution in [3.8, 4) is 22.5 Å². The highest BCUT2D eigenvalue weighted by Crippen LogP contribution is 2.53. The van der Waals surface area contributed by atoms with Gasteiger partial charge in [-0.1, -0.05) is 30.3 Å². The summed E-state index contributed by atoms with van der Waals surface area (Å²) in [5.74, 6) is 1.82. The molecule has 2 aliphatic carbocycles. The van der Waals surface area contributed by atoms with Crippen molar-refractivity contribution in [2.75, 3.05) is 0 Å². The number of benzene rings is 2. The Bertz CT molecular complexity index is 2160. The zero-order chi connectivity index (χ0) is 36.1. The summed E-state index contributed by atoms with van der Waals surface area (Å²) in [4.78, 5) is 52.5. The Morgan fingerprint density at radius 2 is 1.35 bits per heavy atom. The summed E-state index contributed by atoms with van der Waals surface area (Å²) in [6, 6.07) is 15.1. The normalized spacial score (nSPS) is 26.2. The van der Waals surface area contributed by atoms with Crippen LogP contribution >= 0.6 is 0 Å². The maximum Gasteiger partial charge on any atom is 0.411 e. The highest BCUT2D eigenvalue weighted by Gasteiger charge is 2.57. The number of hydrogen-bond acceptors (Lipinski definition) is 8. The highest BCUT2D eigenvalue weighted by atomic mass is 16.6. The molecule has 4 fully saturated rings. The van der Waals surface area contributed by atoms with Gasteiger partial charge in [0.1, 0.15) is 22.7 Å². The minimum absolute atomic E-state index is 0.00785. The third-order valence-corrected chi connectivity index (χ3v) is 10.9. The lowest BCUT2D eigenvalue weighted by Crippen LogP contribution is -2.45. The molecule has 0 unspecified atom stereocenters. The van der Waals surface area contributed by atoms with E-state index in [1.807, 2.05) is 63.6 Å². The first-order valence-electron chi connectivity index (χ1n) is 18.5. The molecule has 2 saturated heterocycles. The number of ether oxygens (including phenoxy) is 2. The van der Waals surface area contributed by atoms with Crippen LogP contribution in [-0.2, 0) is 9.47 Å². The van der Waals surface area contributed by atoms with E-state index in [1.54, 1.807) is 12.4 Å². The summed E-state index contributed by atoms with van der Waals surface area (Å²) in [7, 11) is 0. The van der Waals surface area contributed by atoms with E-state index in [1.165, 1.54) is 0 Å². The van der Waals surface area contributed by atoms with E-state index in [0.29, 0.717) is 17.5 Å². The smallest absolute Gasteiger partial charge is 0.411 e. The van der Waals surface area contributed by atoms with Crippen LogP contribution in [0.2, 0.25) is 0 Å². The Kier molecular flexibility index (Phi) is 7.40. The number of aliphatic imine (C=N–C) groups is 1. The van der Waals surface area contributed by atoms with E-state index in [2.05, 4.69) is 46.4 Å². The van der Waals surface area contributed by atoms with E-state index >= 15 is 0 Å². The Morgan fingerprint density at radius 3 is 2.02 bits per heavy atom. The van der Waals surface area contributed by atoms with Gasteiger partial charge in [-0.2, -0.15) is 0 Å². The third-order valence-electron chi connectivity index (χ3n) is 10.9. The number of H-pyrrole nitrogens is 1. The molecule has 0 bridgehead atoms. The van der Waals surface area contributed by atoms with Crippen LogP contribution < -0.4 is 0 Å². The van der Waals surface area contributed by atoms with Crippen molar-refractivity contribution in [2.45, 2.75) is 109 Å². The van der Waals surface area contributed by atoms with E-state index in [4.69, 9.17) is 24.4 Å². The zero-order valence-corrected chi connectivity index (χ0v) is 30.6. The van der Waals surface area contributed by atoms with Crippen molar-refractivity contribution < 1.29 is 19.1 Å². The van der Waals surface area contributed by atoms with Gasteiger partial charge in [-0.05, 0) is 113 Å². The van der Waals surface area contributed by atoms with Gasteiger partial charge in [-0.25, -0.2) is 19.6 Å². The quantitative estimate of drug-likeness (QED) is 0.222. The van der Waals surface area contributed by atoms with Gasteiger partial charge < -0.3 is 14.5 Å². The van der Waals surface area contributed by atoms with Gasteiger partial charge in [0.15, 0.2) is 0 Å². The number of allylic oxidation sites excluding steroid dienone is 1. The Balaban J connectivity index is 0.864. The second-order valence-electron chi connectivity index (χ2n) is 17.1. The lowest BCUT2D eigenvalue weighted by Gasteiger charge is -2.30. The molecule has 2 saturated carbocycles. The second-order valence-corrected chi connectivity index (χ2v) is 17.1. The Hall–Kier alpha value is -5.06. The van der Waals surface area contributed by atoms with E-state index in [9.17, 15) is 9.59 Å². The predicted molar refractivity (Wildman–Crippen MR) is 198 cm³/mol. The molecule has 11 nitrogen and oxygen atoms in total. The molecule has 9 rings (SSSR count). The van der Waals surface area contributed by atoms with Crippen LogP contribution in [0.1, 0.15) is 91.1 Å². The van der Waals surface area contributed by atoms with Gasteiger partial charge in [-0.3, -0.25) is 19.8 Å². The molecule has 0 radical (unpaired) electrons. The summed E-state index contributed by atoms with van der Waals surface area (Å²) < 4.78 is 11.5. The molecule has 5 aliphatic rings. The number of nitrogens with zero attached hydrogens (tertiary/aromatic N) is 6. The third kappa shape index (κ3) is 6.13. The summed E-state index contributed by atoms with van der Waals surface area (Å²) in [6.45, 7) is 11.4. The molecule has 2 aromatic carbocycles. The summed E-state index contributed by atoms with van der Waals surface area (Å²) in [5.41, 5.74) is 7.47. The van der Waals surface area contributed by atoms with Crippen molar-refractivity contribution >= 4 is 34.5 Å². The largest absolute Gasteiger partial charge is 0.444 e. The summed E-state index contributed by atoms with van der Waals surface area (Å²) in [6.07, 6.45) is 9.68. The van der Waals surface area contributed by atoms with E-state index in [0.717, 1.165) is 82.6 Å². The molecule has 2 aromatic heterocycles. The van der Waals surface area contributed by atoms with Crippen LogP contribution in [0, 0.1) is 11.8 Å². The Labute approximate surface area is 303 Å². The average Bonchev–Trinajstić information content (AvgIpc) is 3.68. The van der Waals surface area contributed by atoms with E-state index in [-0.39, 0.29) is 36.4 Å². The molecule has 11 heteroatoms. The van der Waals surface area contributed by atoms with Crippen molar-refractivity contribution in [2.24, 2.45) is 16.8 Å². The van der Waals surface area contributed by atoms with Crippen molar-refractivity contribution in [1.29, 1.82) is 0 Å². The molecule has 3 aliphatic heterocycles. The van der Waals surface area contributed by atoms with Crippen LogP contribution in [0.15, 0.2) is 66.1 Å². The number of rotatable bonds is 5. The van der Waals surface area contributed by atoms with Crippen molar-refractivity contribution in [3.05, 3.63) is 72.4 Å². The van der Waals surface area contributed by atoms with Gasteiger partial charge in [-0.15, -0.1) is 0 Å². The number of carbonyl (C=O) groups excluding carboxylic acids is 2. The SMILES string of the molecule is CC(C)(C)OC(=O)N1[C@@H]2C[C@@H]2C[C@H]1C1=NC=C(c2ccc(-c3ccc4nc(-c5cnc([C@@H]6C[C@H]7C[C@H]7N6C(=O)OC(C)(C)C)[nH]5)cnc4c3)cc2)C1. The van der Waals surface area contributed by atoms with E-state index < -0.39 is 11.2 Å². The predicted octanol–water partition coefficient (Wildman–Crippen LogP) is 8.34. The van der Waals surface area contributed by atoms with Gasteiger partial charge in [0.05, 0.1) is 41.2 Å². The fraction of sp³-hybridized carbons (Fsp3) is 0.463. The van der Waals surface area contributed by atoms with Gasteiger partial charge in [0.25, 0.3) is 0 Å². The van der Waals surface area contributed by atoms with Crippen LogP contribution in [-0.4, -0.2) is 77.0 Å². The fourth-order valence-corrected chi connectivity index (χ4v) is 8.27. The maximum atomic E-state index is 13.1. The Morgan fingerprint density at radius 1 is 0.731 bits per heavy atom. The molecular formula is C41H45N7O4. The molecule has 1 N–H and O–H groups in total. The minimum Gasteiger partial charge on any atom is -0.444 e. The molecule has 5 heterocycles. The van der Waals surface area contributed by atoms with Crippen LogP contribution in [0.5, 0.6) is 0 Å². The number of nitrogens with one attached hydrogen (secondary N) is 1. The number of hydrogen-bond donors (Lipinski definition) is 1. The molecule has 6 atom stereocenters. The first kappa shape index (κ1) is 32.8. The number of amides is 2.